The van der Waals surface area contributed by atoms with Crippen molar-refractivity contribution in [1.82, 2.24) is 14.7 Å². The van der Waals surface area contributed by atoms with Crippen LogP contribution in [0.1, 0.15) is 29.4 Å². The van der Waals surface area contributed by atoms with Crippen LogP contribution in [-0.2, 0) is 21.1 Å². The molecule has 1 unspecified atom stereocenters. The third-order valence-corrected chi connectivity index (χ3v) is 7.81. The zero-order valence-corrected chi connectivity index (χ0v) is 18.2. The molecule has 0 saturated carbocycles. The first kappa shape index (κ1) is 20.8. The molecule has 4 rings (SSSR count). The van der Waals surface area contributed by atoms with E-state index >= 15 is 0 Å². The predicted molar refractivity (Wildman–Crippen MR) is 113 cm³/mol. The molecule has 0 bridgehead atoms. The molecule has 1 aromatic heterocycles. The molecule has 30 heavy (non-hydrogen) atoms. The molecule has 2 aromatic rings. The van der Waals surface area contributed by atoms with Gasteiger partial charge in [0, 0.05) is 26.2 Å². The molecular weight excluding hydrogens is 407 g/mol. The summed E-state index contributed by atoms with van der Waals surface area (Å²) in [5.74, 6) is 0.114. The van der Waals surface area contributed by atoms with Crippen molar-refractivity contribution in [2.75, 3.05) is 42.6 Å². The molecule has 2 aliphatic rings. The molecule has 2 aliphatic heterocycles. The van der Waals surface area contributed by atoms with E-state index in [9.17, 15) is 17.6 Å². The minimum Gasteiger partial charge on any atom is -0.365 e. The first-order valence-electron chi connectivity index (χ1n) is 10.3. The van der Waals surface area contributed by atoms with Crippen LogP contribution in [0.25, 0.3) is 0 Å². The van der Waals surface area contributed by atoms with Gasteiger partial charge in [0.2, 0.25) is 5.91 Å². The number of anilines is 1. The molecule has 3 heterocycles. The number of sulfone groups is 1. The Bertz CT molecular complexity index is 1040. The van der Waals surface area contributed by atoms with Gasteiger partial charge in [-0.25, -0.2) is 12.8 Å². The van der Waals surface area contributed by atoms with Crippen LogP contribution in [0.3, 0.4) is 0 Å². The predicted octanol–water partition coefficient (Wildman–Crippen LogP) is 1.89. The molecular formula is C21H27FN4O3S. The van der Waals surface area contributed by atoms with Gasteiger partial charge < -0.3 is 9.80 Å². The lowest BCUT2D eigenvalue weighted by molar-refractivity contribution is -0.130. The molecule has 9 heteroatoms. The maximum atomic E-state index is 13.0. The van der Waals surface area contributed by atoms with Crippen molar-refractivity contribution < 1.29 is 17.6 Å². The summed E-state index contributed by atoms with van der Waals surface area (Å²) in [7, 11) is -2.97. The zero-order valence-electron chi connectivity index (χ0n) is 17.3. The van der Waals surface area contributed by atoms with E-state index in [0.717, 1.165) is 22.6 Å². The number of aromatic nitrogens is 2. The molecule has 0 radical (unpaired) electrons. The summed E-state index contributed by atoms with van der Waals surface area (Å²) in [6, 6.07) is 5.95. The monoisotopic (exact) mass is 434 g/mol. The first-order valence-corrected chi connectivity index (χ1v) is 12.1. The molecule has 7 nitrogen and oxygen atoms in total. The quantitative estimate of drug-likeness (QED) is 0.735. The van der Waals surface area contributed by atoms with E-state index in [-0.39, 0.29) is 35.7 Å². The van der Waals surface area contributed by atoms with Gasteiger partial charge >= 0.3 is 0 Å². The summed E-state index contributed by atoms with van der Waals surface area (Å²) in [6.45, 7) is 6.57. The zero-order chi connectivity index (χ0) is 21.5. The largest absolute Gasteiger partial charge is 0.365 e. The van der Waals surface area contributed by atoms with E-state index in [2.05, 4.69) is 10.00 Å². The average Bonchev–Trinajstić information content (AvgIpc) is 3.22. The first-order chi connectivity index (χ1) is 14.2. The van der Waals surface area contributed by atoms with Crippen LogP contribution < -0.4 is 4.90 Å². The summed E-state index contributed by atoms with van der Waals surface area (Å²) >= 11 is 0. The summed E-state index contributed by atoms with van der Waals surface area (Å²) in [5.41, 5.74) is 3.73. The van der Waals surface area contributed by atoms with Crippen molar-refractivity contribution in [3.05, 3.63) is 47.0 Å². The number of aryl methyl sites for hydroxylation is 1. The van der Waals surface area contributed by atoms with Crippen LogP contribution in [0, 0.1) is 19.7 Å². The molecule has 1 aromatic carbocycles. The number of carbonyl (C=O) groups is 1. The lowest BCUT2D eigenvalue weighted by Gasteiger charge is -2.36. The highest BCUT2D eigenvalue weighted by Crippen LogP contribution is 2.31. The second-order valence-corrected chi connectivity index (χ2v) is 10.4. The van der Waals surface area contributed by atoms with Crippen LogP contribution in [-0.4, -0.2) is 66.7 Å². The average molecular weight is 435 g/mol. The molecule has 0 N–H and O–H groups in total. The normalized spacial score (nSPS) is 21.2. The molecule has 1 atom stereocenters. The Hall–Kier alpha value is -2.42. The maximum Gasteiger partial charge on any atom is 0.227 e. The van der Waals surface area contributed by atoms with Gasteiger partial charge in [-0.2, -0.15) is 5.10 Å². The van der Waals surface area contributed by atoms with Crippen molar-refractivity contribution in [2.45, 2.75) is 32.7 Å². The van der Waals surface area contributed by atoms with Gasteiger partial charge in [0.25, 0.3) is 0 Å². The van der Waals surface area contributed by atoms with Crippen molar-refractivity contribution in [2.24, 2.45) is 0 Å². The number of amides is 1. The molecule has 0 spiro atoms. The summed E-state index contributed by atoms with van der Waals surface area (Å²) in [6.07, 6.45) is 0.877. The summed E-state index contributed by atoms with van der Waals surface area (Å²) in [5, 5.41) is 4.65. The molecule has 162 valence electrons. The second kappa shape index (κ2) is 8.02. The van der Waals surface area contributed by atoms with Gasteiger partial charge in [0.1, 0.15) is 5.82 Å². The van der Waals surface area contributed by atoms with E-state index in [1.807, 2.05) is 23.4 Å². The van der Waals surface area contributed by atoms with Crippen molar-refractivity contribution in [1.29, 1.82) is 0 Å². The van der Waals surface area contributed by atoms with E-state index in [1.165, 1.54) is 12.1 Å². The Morgan fingerprint density at radius 3 is 2.40 bits per heavy atom. The van der Waals surface area contributed by atoms with Gasteiger partial charge in [0.15, 0.2) is 9.84 Å². The third kappa shape index (κ3) is 4.21. The van der Waals surface area contributed by atoms with E-state index < -0.39 is 9.84 Å². The second-order valence-electron chi connectivity index (χ2n) is 8.19. The van der Waals surface area contributed by atoms with Crippen LogP contribution in [0.15, 0.2) is 24.3 Å². The maximum absolute atomic E-state index is 13.0. The topological polar surface area (TPSA) is 75.5 Å². The lowest BCUT2D eigenvalue weighted by Crippen LogP contribution is -2.49. The highest BCUT2D eigenvalue weighted by atomic mass is 32.2. The number of piperazine rings is 1. The van der Waals surface area contributed by atoms with Crippen molar-refractivity contribution in [3.63, 3.8) is 0 Å². The Kier molecular flexibility index (Phi) is 5.57. The number of benzene rings is 1. The van der Waals surface area contributed by atoms with Crippen molar-refractivity contribution in [3.8, 4) is 0 Å². The Morgan fingerprint density at radius 1 is 1.13 bits per heavy atom. The van der Waals surface area contributed by atoms with Crippen LogP contribution in [0.4, 0.5) is 10.1 Å². The van der Waals surface area contributed by atoms with Crippen molar-refractivity contribution >= 4 is 21.4 Å². The molecule has 2 saturated heterocycles. The van der Waals surface area contributed by atoms with Gasteiger partial charge in [-0.1, -0.05) is 12.1 Å². The fourth-order valence-corrected chi connectivity index (χ4v) is 6.20. The lowest BCUT2D eigenvalue weighted by atomic mass is 10.1. The molecule has 2 fully saturated rings. The van der Waals surface area contributed by atoms with E-state index in [4.69, 9.17) is 0 Å². The minimum absolute atomic E-state index is 0.0431. The third-order valence-electron chi connectivity index (χ3n) is 6.06. The Balaban J connectivity index is 1.40. The molecule has 0 aliphatic carbocycles. The van der Waals surface area contributed by atoms with Gasteiger partial charge in [0.05, 0.1) is 41.0 Å². The van der Waals surface area contributed by atoms with Crippen LogP contribution in [0.2, 0.25) is 0 Å². The summed E-state index contributed by atoms with van der Waals surface area (Å²) < 4.78 is 38.6. The number of nitrogens with zero attached hydrogens (tertiary/aromatic N) is 4. The number of hydrogen-bond donors (Lipinski definition) is 0. The van der Waals surface area contributed by atoms with Crippen LogP contribution >= 0.6 is 0 Å². The Labute approximate surface area is 176 Å². The Morgan fingerprint density at radius 2 is 1.80 bits per heavy atom. The van der Waals surface area contributed by atoms with E-state index in [1.54, 1.807) is 12.1 Å². The van der Waals surface area contributed by atoms with Gasteiger partial charge in [-0.05, 0) is 38.0 Å². The standard InChI is InChI=1S/C21H27FN4O3S/c1-15-21(16(2)26(23-15)19-7-12-30(28,29)14-19)25-10-8-24(9-11-25)20(27)13-17-3-5-18(22)6-4-17/h3-6,19H,7-14H2,1-2H3. The number of carbonyl (C=O) groups excluding carboxylic acids is 1. The summed E-state index contributed by atoms with van der Waals surface area (Å²) in [4.78, 5) is 16.7. The fraction of sp³-hybridized carbons (Fsp3) is 0.524. The highest BCUT2D eigenvalue weighted by molar-refractivity contribution is 7.91. The van der Waals surface area contributed by atoms with Gasteiger partial charge in [-0.15, -0.1) is 0 Å². The smallest absolute Gasteiger partial charge is 0.227 e. The fourth-order valence-electron chi connectivity index (χ4n) is 4.50. The molecule has 1 amide bonds. The van der Waals surface area contributed by atoms with Gasteiger partial charge in [-0.3, -0.25) is 9.48 Å². The van der Waals surface area contributed by atoms with Crippen LogP contribution in [0.5, 0.6) is 0 Å². The van der Waals surface area contributed by atoms with E-state index in [0.29, 0.717) is 32.6 Å². The highest BCUT2D eigenvalue weighted by Gasteiger charge is 2.33. The minimum atomic E-state index is -2.97. The SMILES string of the molecule is Cc1nn(C2CCS(=O)(=O)C2)c(C)c1N1CCN(C(=O)Cc2ccc(F)cc2)CC1. The number of hydrogen-bond acceptors (Lipinski definition) is 5. The number of halogens is 1. The number of rotatable bonds is 4.